The van der Waals surface area contributed by atoms with Crippen molar-refractivity contribution in [2.24, 2.45) is 0 Å². The monoisotopic (exact) mass is 290 g/mol. The first-order chi connectivity index (χ1) is 9.82. The van der Waals surface area contributed by atoms with E-state index in [1.807, 2.05) is 34.6 Å². The van der Waals surface area contributed by atoms with E-state index in [0.717, 1.165) is 22.7 Å². The SMILES string of the molecule is Cc1n[nH]c(C)c1[C@H](C)N(C)C(=O)c1cc(C(C)C)on1. The quantitative estimate of drug-likeness (QED) is 0.939. The molecule has 1 amide bonds. The van der Waals surface area contributed by atoms with Crippen LogP contribution in [0.3, 0.4) is 0 Å². The maximum absolute atomic E-state index is 12.5. The van der Waals surface area contributed by atoms with Crippen molar-refractivity contribution >= 4 is 5.91 Å². The Hall–Kier alpha value is -2.11. The van der Waals surface area contributed by atoms with Crippen molar-refractivity contribution in [2.75, 3.05) is 7.05 Å². The lowest BCUT2D eigenvalue weighted by molar-refractivity contribution is 0.0731. The largest absolute Gasteiger partial charge is 0.360 e. The predicted molar refractivity (Wildman–Crippen MR) is 79.2 cm³/mol. The van der Waals surface area contributed by atoms with E-state index in [0.29, 0.717) is 5.69 Å². The van der Waals surface area contributed by atoms with Gasteiger partial charge in [-0.1, -0.05) is 19.0 Å². The minimum absolute atomic E-state index is 0.0875. The van der Waals surface area contributed by atoms with E-state index in [9.17, 15) is 4.79 Å². The highest BCUT2D eigenvalue weighted by atomic mass is 16.5. The number of rotatable bonds is 4. The summed E-state index contributed by atoms with van der Waals surface area (Å²) in [7, 11) is 1.77. The third kappa shape index (κ3) is 2.84. The molecule has 1 N–H and O–H groups in total. The van der Waals surface area contributed by atoms with Crippen LogP contribution in [0.25, 0.3) is 0 Å². The Balaban J connectivity index is 2.22. The molecule has 0 unspecified atom stereocenters. The van der Waals surface area contributed by atoms with Crippen LogP contribution in [0.5, 0.6) is 0 Å². The van der Waals surface area contributed by atoms with Crippen LogP contribution in [0.1, 0.15) is 65.9 Å². The van der Waals surface area contributed by atoms with Gasteiger partial charge in [-0.2, -0.15) is 5.10 Å². The zero-order valence-corrected chi connectivity index (χ0v) is 13.4. The number of carbonyl (C=O) groups is 1. The molecule has 0 saturated heterocycles. The molecule has 0 aliphatic heterocycles. The fourth-order valence-electron chi connectivity index (χ4n) is 2.39. The maximum Gasteiger partial charge on any atom is 0.276 e. The van der Waals surface area contributed by atoms with Gasteiger partial charge in [0.2, 0.25) is 0 Å². The molecule has 6 heteroatoms. The molecular formula is C15H22N4O2. The fourth-order valence-corrected chi connectivity index (χ4v) is 2.39. The molecule has 0 spiro atoms. The summed E-state index contributed by atoms with van der Waals surface area (Å²) in [5, 5.41) is 11.0. The Labute approximate surface area is 124 Å². The van der Waals surface area contributed by atoms with Crippen molar-refractivity contribution in [2.45, 2.75) is 46.6 Å². The number of nitrogens with zero attached hydrogens (tertiary/aromatic N) is 3. The number of carbonyl (C=O) groups excluding carboxylic acids is 1. The van der Waals surface area contributed by atoms with Crippen LogP contribution in [0.4, 0.5) is 0 Å². The normalized spacial score (nSPS) is 12.7. The molecule has 2 rings (SSSR count). The van der Waals surface area contributed by atoms with Gasteiger partial charge in [0, 0.05) is 30.3 Å². The second-order valence-corrected chi connectivity index (χ2v) is 5.71. The Morgan fingerprint density at radius 2 is 2.00 bits per heavy atom. The average molecular weight is 290 g/mol. The van der Waals surface area contributed by atoms with Gasteiger partial charge in [-0.15, -0.1) is 0 Å². The standard InChI is InChI=1S/C15H22N4O2/c1-8(2)13-7-12(18-21-13)15(20)19(6)11(5)14-9(3)16-17-10(14)4/h7-8,11H,1-6H3,(H,16,17)/t11-/m0/s1. The summed E-state index contributed by atoms with van der Waals surface area (Å²) < 4.78 is 5.20. The lowest BCUT2D eigenvalue weighted by Crippen LogP contribution is -2.30. The Morgan fingerprint density at radius 1 is 1.33 bits per heavy atom. The van der Waals surface area contributed by atoms with E-state index in [-0.39, 0.29) is 17.9 Å². The van der Waals surface area contributed by atoms with Crippen LogP contribution < -0.4 is 0 Å². The first kappa shape index (κ1) is 15.3. The smallest absolute Gasteiger partial charge is 0.276 e. The van der Waals surface area contributed by atoms with Gasteiger partial charge in [0.1, 0.15) is 5.76 Å². The number of H-pyrrole nitrogens is 1. The van der Waals surface area contributed by atoms with E-state index in [1.165, 1.54) is 0 Å². The molecule has 6 nitrogen and oxygen atoms in total. The summed E-state index contributed by atoms with van der Waals surface area (Å²) in [4.78, 5) is 14.2. The van der Waals surface area contributed by atoms with E-state index in [1.54, 1.807) is 18.0 Å². The van der Waals surface area contributed by atoms with Gasteiger partial charge in [-0.25, -0.2) is 0 Å². The molecular weight excluding hydrogens is 268 g/mol. The van der Waals surface area contributed by atoms with Crippen LogP contribution in [-0.2, 0) is 0 Å². The number of hydrogen-bond donors (Lipinski definition) is 1. The molecule has 0 aliphatic carbocycles. The lowest BCUT2D eigenvalue weighted by atomic mass is 10.0. The minimum atomic E-state index is -0.154. The van der Waals surface area contributed by atoms with Crippen LogP contribution >= 0.6 is 0 Å². The van der Waals surface area contributed by atoms with Gasteiger partial charge in [-0.05, 0) is 20.8 Å². The second kappa shape index (κ2) is 5.71. The third-order valence-corrected chi connectivity index (χ3v) is 3.82. The maximum atomic E-state index is 12.5. The molecule has 0 aliphatic rings. The molecule has 2 aromatic heterocycles. The Kier molecular flexibility index (Phi) is 4.16. The molecule has 0 saturated carbocycles. The summed E-state index contributed by atoms with van der Waals surface area (Å²) in [5.74, 6) is 0.772. The minimum Gasteiger partial charge on any atom is -0.360 e. The van der Waals surface area contributed by atoms with Crippen LogP contribution in [-0.4, -0.2) is 33.2 Å². The molecule has 0 aromatic carbocycles. The summed E-state index contributed by atoms with van der Waals surface area (Å²) in [6.07, 6.45) is 0. The van der Waals surface area contributed by atoms with Gasteiger partial charge in [0.05, 0.1) is 11.7 Å². The van der Waals surface area contributed by atoms with Crippen molar-refractivity contribution < 1.29 is 9.32 Å². The lowest BCUT2D eigenvalue weighted by Gasteiger charge is -2.24. The molecule has 0 bridgehead atoms. The summed E-state index contributed by atoms with van der Waals surface area (Å²) in [5.41, 5.74) is 3.26. The van der Waals surface area contributed by atoms with Crippen molar-refractivity contribution in [1.29, 1.82) is 0 Å². The summed E-state index contributed by atoms with van der Waals surface area (Å²) in [6, 6.07) is 1.63. The van der Waals surface area contributed by atoms with Crippen LogP contribution in [0.2, 0.25) is 0 Å². The topological polar surface area (TPSA) is 75.0 Å². The predicted octanol–water partition coefficient (Wildman–Crippen LogP) is 2.97. The fraction of sp³-hybridized carbons (Fsp3) is 0.533. The second-order valence-electron chi connectivity index (χ2n) is 5.71. The number of aryl methyl sites for hydroxylation is 2. The molecule has 114 valence electrons. The summed E-state index contributed by atoms with van der Waals surface area (Å²) >= 11 is 0. The number of amides is 1. The highest BCUT2D eigenvalue weighted by molar-refractivity contribution is 5.92. The first-order valence-corrected chi connectivity index (χ1v) is 7.08. The Bertz CT molecular complexity index is 622. The highest BCUT2D eigenvalue weighted by Gasteiger charge is 2.25. The van der Waals surface area contributed by atoms with E-state index < -0.39 is 0 Å². The number of hydrogen-bond acceptors (Lipinski definition) is 4. The van der Waals surface area contributed by atoms with E-state index >= 15 is 0 Å². The molecule has 0 radical (unpaired) electrons. The average Bonchev–Trinajstić information content (AvgIpc) is 3.04. The first-order valence-electron chi connectivity index (χ1n) is 7.08. The molecule has 2 aromatic rings. The zero-order valence-electron chi connectivity index (χ0n) is 13.4. The van der Waals surface area contributed by atoms with Gasteiger partial charge < -0.3 is 9.42 Å². The number of nitrogens with one attached hydrogen (secondary N) is 1. The van der Waals surface area contributed by atoms with Gasteiger partial charge in [0.25, 0.3) is 5.91 Å². The number of aromatic nitrogens is 3. The molecule has 21 heavy (non-hydrogen) atoms. The van der Waals surface area contributed by atoms with Crippen molar-refractivity contribution in [1.82, 2.24) is 20.3 Å². The molecule has 2 heterocycles. The van der Waals surface area contributed by atoms with Gasteiger partial charge in [0.15, 0.2) is 5.69 Å². The van der Waals surface area contributed by atoms with Crippen molar-refractivity contribution in [3.63, 3.8) is 0 Å². The van der Waals surface area contributed by atoms with Gasteiger partial charge >= 0.3 is 0 Å². The van der Waals surface area contributed by atoms with Crippen LogP contribution in [0.15, 0.2) is 10.6 Å². The van der Waals surface area contributed by atoms with Crippen molar-refractivity contribution in [3.8, 4) is 0 Å². The highest BCUT2D eigenvalue weighted by Crippen LogP contribution is 2.25. The van der Waals surface area contributed by atoms with Crippen molar-refractivity contribution in [3.05, 3.63) is 34.5 Å². The van der Waals surface area contributed by atoms with E-state index in [2.05, 4.69) is 15.4 Å². The molecule has 1 atom stereocenters. The Morgan fingerprint density at radius 3 is 2.48 bits per heavy atom. The summed E-state index contributed by atoms with van der Waals surface area (Å²) in [6.45, 7) is 9.86. The number of aromatic amines is 1. The van der Waals surface area contributed by atoms with Crippen LogP contribution in [0, 0.1) is 13.8 Å². The third-order valence-electron chi connectivity index (χ3n) is 3.82. The van der Waals surface area contributed by atoms with Gasteiger partial charge in [-0.3, -0.25) is 9.89 Å². The zero-order chi connectivity index (χ0) is 15.7. The van der Waals surface area contributed by atoms with E-state index in [4.69, 9.17) is 4.52 Å². The molecule has 0 fully saturated rings.